The second kappa shape index (κ2) is 8.67. The summed E-state index contributed by atoms with van der Waals surface area (Å²) in [6.45, 7) is 7.92. The summed E-state index contributed by atoms with van der Waals surface area (Å²) in [6, 6.07) is 4.95. The van der Waals surface area contributed by atoms with Gasteiger partial charge in [0.05, 0.1) is 11.5 Å². The molecule has 0 aliphatic carbocycles. The normalized spacial score (nSPS) is 16.0. The van der Waals surface area contributed by atoms with Crippen LogP contribution in [0.5, 0.6) is 5.75 Å². The molecule has 0 atom stereocenters. The predicted octanol–water partition coefficient (Wildman–Crippen LogP) is 2.42. The number of hydrogen-bond acceptors (Lipinski definition) is 4. The van der Waals surface area contributed by atoms with Crippen molar-refractivity contribution in [2.45, 2.75) is 44.9 Å². The van der Waals surface area contributed by atoms with Crippen LogP contribution in [0.3, 0.4) is 0 Å². The van der Waals surface area contributed by atoms with Crippen LogP contribution in [0, 0.1) is 6.92 Å². The largest absolute Gasteiger partial charge is 0.494 e. The number of benzene rings is 1. The highest BCUT2D eigenvalue weighted by atomic mass is 32.2. The Kier molecular flexibility index (Phi) is 6.84. The molecule has 1 fully saturated rings. The van der Waals surface area contributed by atoms with Gasteiger partial charge >= 0.3 is 0 Å². The Hall–Kier alpha value is -1.60. The standard InChI is InChI=1S/C18H28N2O4S/c1-4-6-7-18(21)19-10-12-20(13-11-19)25(22,23)16-8-9-17(24-5-2)15(3)14-16/h8-9,14H,4-7,10-13H2,1-3H3. The SMILES string of the molecule is CCCCC(=O)N1CCN(S(=O)(=O)c2ccc(OCC)c(C)c2)CC1. The summed E-state index contributed by atoms with van der Waals surface area (Å²) in [4.78, 5) is 14.1. The zero-order chi connectivity index (χ0) is 18.4. The molecular weight excluding hydrogens is 340 g/mol. The maximum atomic E-state index is 12.8. The number of hydrogen-bond donors (Lipinski definition) is 0. The van der Waals surface area contributed by atoms with Gasteiger partial charge in [0.1, 0.15) is 5.75 Å². The third-order valence-corrected chi connectivity index (χ3v) is 6.31. The number of unbranched alkanes of at least 4 members (excludes halogenated alkanes) is 1. The third kappa shape index (κ3) is 4.73. The number of amides is 1. The van der Waals surface area contributed by atoms with E-state index in [1.165, 1.54) is 4.31 Å². The number of aryl methyl sites for hydroxylation is 1. The lowest BCUT2D eigenvalue weighted by Gasteiger charge is -2.34. The van der Waals surface area contributed by atoms with Gasteiger partial charge < -0.3 is 9.64 Å². The number of nitrogens with zero attached hydrogens (tertiary/aromatic N) is 2. The Labute approximate surface area is 150 Å². The van der Waals surface area contributed by atoms with Gasteiger partial charge in [-0.2, -0.15) is 4.31 Å². The van der Waals surface area contributed by atoms with E-state index in [9.17, 15) is 13.2 Å². The van der Waals surface area contributed by atoms with Crippen molar-refractivity contribution in [1.82, 2.24) is 9.21 Å². The van der Waals surface area contributed by atoms with E-state index in [0.717, 1.165) is 18.4 Å². The van der Waals surface area contributed by atoms with Gasteiger partial charge in [0.2, 0.25) is 15.9 Å². The monoisotopic (exact) mass is 368 g/mol. The molecule has 7 heteroatoms. The summed E-state index contributed by atoms with van der Waals surface area (Å²) >= 11 is 0. The maximum absolute atomic E-state index is 12.8. The van der Waals surface area contributed by atoms with Gasteiger partial charge in [-0.05, 0) is 44.0 Å². The topological polar surface area (TPSA) is 66.9 Å². The highest BCUT2D eigenvalue weighted by Gasteiger charge is 2.30. The zero-order valence-corrected chi connectivity index (χ0v) is 16.1. The van der Waals surface area contributed by atoms with Crippen LogP contribution in [0.15, 0.2) is 23.1 Å². The number of ether oxygens (including phenoxy) is 1. The summed E-state index contributed by atoms with van der Waals surface area (Å²) in [7, 11) is -3.54. The van der Waals surface area contributed by atoms with E-state index >= 15 is 0 Å². The van der Waals surface area contributed by atoms with Gasteiger partial charge in [0.25, 0.3) is 0 Å². The zero-order valence-electron chi connectivity index (χ0n) is 15.3. The number of sulfonamides is 1. The average Bonchev–Trinajstić information content (AvgIpc) is 2.61. The molecule has 0 unspecified atom stereocenters. The van der Waals surface area contributed by atoms with Crippen molar-refractivity contribution in [1.29, 1.82) is 0 Å². The molecule has 25 heavy (non-hydrogen) atoms. The molecule has 1 aromatic rings. The minimum absolute atomic E-state index is 0.121. The van der Waals surface area contributed by atoms with Crippen molar-refractivity contribution in [2.75, 3.05) is 32.8 Å². The number of carbonyl (C=O) groups excluding carboxylic acids is 1. The van der Waals surface area contributed by atoms with Crippen LogP contribution < -0.4 is 4.74 Å². The van der Waals surface area contributed by atoms with Crippen molar-refractivity contribution >= 4 is 15.9 Å². The molecule has 0 radical (unpaired) electrons. The first-order chi connectivity index (χ1) is 11.9. The molecule has 1 amide bonds. The lowest BCUT2D eigenvalue weighted by molar-refractivity contribution is -0.132. The van der Waals surface area contributed by atoms with Gasteiger partial charge in [-0.1, -0.05) is 13.3 Å². The highest BCUT2D eigenvalue weighted by Crippen LogP contribution is 2.24. The molecule has 0 aromatic heterocycles. The highest BCUT2D eigenvalue weighted by molar-refractivity contribution is 7.89. The second-order valence-corrected chi connectivity index (χ2v) is 8.19. The van der Waals surface area contributed by atoms with Crippen molar-refractivity contribution < 1.29 is 17.9 Å². The van der Waals surface area contributed by atoms with Crippen molar-refractivity contribution in [3.05, 3.63) is 23.8 Å². The van der Waals surface area contributed by atoms with Crippen LogP contribution in [0.1, 0.15) is 38.7 Å². The molecule has 0 spiro atoms. The van der Waals surface area contributed by atoms with Crippen LogP contribution in [-0.4, -0.2) is 56.3 Å². The quantitative estimate of drug-likeness (QED) is 0.741. The lowest BCUT2D eigenvalue weighted by Crippen LogP contribution is -2.50. The number of carbonyl (C=O) groups is 1. The van der Waals surface area contributed by atoms with Crippen LogP contribution in [-0.2, 0) is 14.8 Å². The number of piperazine rings is 1. The predicted molar refractivity (Wildman–Crippen MR) is 97.2 cm³/mol. The molecule has 0 N–H and O–H groups in total. The summed E-state index contributed by atoms with van der Waals surface area (Å²) < 4.78 is 32.6. The first kappa shape index (κ1) is 19.7. The molecule has 1 aromatic carbocycles. The van der Waals surface area contributed by atoms with Gasteiger partial charge in [0, 0.05) is 32.6 Å². The van der Waals surface area contributed by atoms with E-state index in [1.54, 1.807) is 23.1 Å². The Bertz CT molecular complexity index is 695. The molecule has 1 saturated heterocycles. The van der Waals surface area contributed by atoms with E-state index in [2.05, 4.69) is 6.92 Å². The Morgan fingerprint density at radius 3 is 2.40 bits per heavy atom. The van der Waals surface area contributed by atoms with E-state index in [-0.39, 0.29) is 10.8 Å². The smallest absolute Gasteiger partial charge is 0.243 e. The fraction of sp³-hybridized carbons (Fsp3) is 0.611. The molecule has 0 bridgehead atoms. The number of rotatable bonds is 7. The van der Waals surface area contributed by atoms with Crippen molar-refractivity contribution in [2.24, 2.45) is 0 Å². The molecule has 1 heterocycles. The van der Waals surface area contributed by atoms with Gasteiger partial charge in [-0.25, -0.2) is 8.42 Å². The van der Waals surface area contributed by atoms with Crippen molar-refractivity contribution in [3.63, 3.8) is 0 Å². The third-order valence-electron chi connectivity index (χ3n) is 4.42. The first-order valence-electron chi connectivity index (χ1n) is 8.91. The minimum Gasteiger partial charge on any atom is -0.494 e. The molecule has 1 aliphatic rings. The van der Waals surface area contributed by atoms with Gasteiger partial charge in [0.15, 0.2) is 0 Å². The fourth-order valence-electron chi connectivity index (χ4n) is 2.91. The summed E-state index contributed by atoms with van der Waals surface area (Å²) in [5.41, 5.74) is 0.802. The molecule has 6 nitrogen and oxygen atoms in total. The summed E-state index contributed by atoms with van der Waals surface area (Å²) in [5.74, 6) is 0.823. The summed E-state index contributed by atoms with van der Waals surface area (Å²) in [5, 5.41) is 0. The molecule has 1 aliphatic heterocycles. The van der Waals surface area contributed by atoms with Gasteiger partial charge in [-0.15, -0.1) is 0 Å². The van der Waals surface area contributed by atoms with Crippen molar-refractivity contribution in [3.8, 4) is 5.75 Å². The fourth-order valence-corrected chi connectivity index (χ4v) is 4.42. The molecular formula is C18H28N2O4S. The van der Waals surface area contributed by atoms with Crippen LogP contribution in [0.4, 0.5) is 0 Å². The lowest BCUT2D eigenvalue weighted by atomic mass is 10.2. The van der Waals surface area contributed by atoms with E-state index < -0.39 is 10.0 Å². The van der Waals surface area contributed by atoms with Crippen LogP contribution >= 0.6 is 0 Å². The molecule has 140 valence electrons. The average molecular weight is 368 g/mol. The van der Waals surface area contributed by atoms with E-state index in [1.807, 2.05) is 13.8 Å². The second-order valence-electron chi connectivity index (χ2n) is 6.25. The summed E-state index contributed by atoms with van der Waals surface area (Å²) in [6.07, 6.45) is 2.40. The first-order valence-corrected chi connectivity index (χ1v) is 10.4. The Balaban J connectivity index is 2.04. The van der Waals surface area contributed by atoms with Gasteiger partial charge in [-0.3, -0.25) is 4.79 Å². The van der Waals surface area contributed by atoms with Crippen LogP contribution in [0.2, 0.25) is 0 Å². The molecule has 2 rings (SSSR count). The minimum atomic E-state index is -3.54. The Morgan fingerprint density at radius 2 is 1.84 bits per heavy atom. The van der Waals surface area contributed by atoms with E-state index in [0.29, 0.717) is 45.0 Å². The van der Waals surface area contributed by atoms with E-state index in [4.69, 9.17) is 4.74 Å². The Morgan fingerprint density at radius 1 is 1.16 bits per heavy atom. The van der Waals surface area contributed by atoms with Crippen LogP contribution in [0.25, 0.3) is 0 Å². The maximum Gasteiger partial charge on any atom is 0.243 e. The molecule has 0 saturated carbocycles.